The van der Waals surface area contributed by atoms with Crippen LogP contribution < -0.4 is 10.2 Å². The van der Waals surface area contributed by atoms with Crippen LogP contribution >= 0.6 is 11.6 Å². The first kappa shape index (κ1) is 14.6. The monoisotopic (exact) mass is 284 g/mol. The fraction of sp³-hybridized carbons (Fsp3) is 0.600. The highest BCUT2D eigenvalue weighted by molar-refractivity contribution is 6.33. The molecule has 1 fully saturated rings. The maximum atomic E-state index is 14.1. The molecule has 1 N–H and O–H groups in total. The first-order chi connectivity index (χ1) is 9.04. The topological polar surface area (TPSA) is 15.3 Å². The summed E-state index contributed by atoms with van der Waals surface area (Å²) in [7, 11) is 0. The van der Waals surface area contributed by atoms with E-state index in [-0.39, 0.29) is 11.9 Å². The lowest BCUT2D eigenvalue weighted by atomic mass is 9.95. The molecule has 3 atom stereocenters. The van der Waals surface area contributed by atoms with Crippen molar-refractivity contribution in [1.29, 1.82) is 0 Å². The molecule has 0 amide bonds. The number of nitrogens with zero attached hydrogens (tertiary/aromatic N) is 1. The molecule has 0 saturated carbocycles. The first-order valence-corrected chi connectivity index (χ1v) is 7.36. The zero-order chi connectivity index (χ0) is 14.0. The molecule has 1 saturated heterocycles. The van der Waals surface area contributed by atoms with Crippen molar-refractivity contribution in [2.75, 3.05) is 18.0 Å². The second-order valence-corrected chi connectivity index (χ2v) is 5.88. The van der Waals surface area contributed by atoms with Crippen LogP contribution in [0.1, 0.15) is 27.2 Å². The van der Waals surface area contributed by atoms with E-state index in [0.717, 1.165) is 19.5 Å². The lowest BCUT2D eigenvalue weighted by Gasteiger charge is -2.42. The van der Waals surface area contributed by atoms with E-state index < -0.39 is 0 Å². The summed E-state index contributed by atoms with van der Waals surface area (Å²) in [6.07, 6.45) is 1.12. The Balaban J connectivity index is 2.26. The lowest BCUT2D eigenvalue weighted by molar-refractivity contribution is 0.314. The number of benzene rings is 1. The molecule has 0 aromatic heterocycles. The van der Waals surface area contributed by atoms with Crippen LogP contribution in [0.15, 0.2) is 18.2 Å². The second kappa shape index (κ2) is 6.10. The van der Waals surface area contributed by atoms with Crippen LogP contribution in [0.5, 0.6) is 0 Å². The zero-order valence-electron chi connectivity index (χ0n) is 11.8. The Kier molecular flexibility index (Phi) is 4.69. The molecule has 1 heterocycles. The van der Waals surface area contributed by atoms with Crippen LogP contribution in [0.2, 0.25) is 5.02 Å². The van der Waals surface area contributed by atoms with Gasteiger partial charge in [0, 0.05) is 25.2 Å². The molecule has 0 radical (unpaired) electrons. The van der Waals surface area contributed by atoms with Crippen LogP contribution in [0.3, 0.4) is 0 Å². The Morgan fingerprint density at radius 2 is 2.26 bits per heavy atom. The number of nitrogens with one attached hydrogen (secondary N) is 1. The third-order valence-corrected chi connectivity index (χ3v) is 4.46. The highest BCUT2D eigenvalue weighted by Crippen LogP contribution is 2.32. The van der Waals surface area contributed by atoms with Gasteiger partial charge in [0.25, 0.3) is 0 Å². The molecule has 106 valence electrons. The fourth-order valence-electron chi connectivity index (χ4n) is 2.63. The van der Waals surface area contributed by atoms with Crippen molar-refractivity contribution in [1.82, 2.24) is 5.32 Å². The highest BCUT2D eigenvalue weighted by Gasteiger charge is 2.30. The molecule has 2 rings (SSSR count). The highest BCUT2D eigenvalue weighted by atomic mass is 35.5. The second-order valence-electron chi connectivity index (χ2n) is 5.47. The smallest absolute Gasteiger partial charge is 0.148 e. The summed E-state index contributed by atoms with van der Waals surface area (Å²) in [5.74, 6) is 0.338. The average molecular weight is 285 g/mol. The van der Waals surface area contributed by atoms with Gasteiger partial charge in [0.15, 0.2) is 0 Å². The van der Waals surface area contributed by atoms with Gasteiger partial charge in [0.1, 0.15) is 5.82 Å². The number of piperazine rings is 1. The summed E-state index contributed by atoms with van der Waals surface area (Å²) in [5, 5.41) is 4.05. The summed E-state index contributed by atoms with van der Waals surface area (Å²) >= 11 is 6.19. The standard InChI is InChI=1S/C15H22ClFN2/c1-4-10(2)14-9-19(11(3)8-18-14)15-12(16)6-5-7-13(15)17/h5-7,10-11,14,18H,4,8-9H2,1-3H3. The minimum absolute atomic E-state index is 0.232. The van der Waals surface area contributed by atoms with E-state index in [2.05, 4.69) is 31.0 Å². The molecule has 2 nitrogen and oxygen atoms in total. The van der Waals surface area contributed by atoms with Crippen molar-refractivity contribution in [3.05, 3.63) is 29.0 Å². The molecule has 19 heavy (non-hydrogen) atoms. The molecular formula is C15H22ClFN2. The van der Waals surface area contributed by atoms with Gasteiger partial charge >= 0.3 is 0 Å². The summed E-state index contributed by atoms with van der Waals surface area (Å²) in [6.45, 7) is 8.18. The molecule has 1 aliphatic heterocycles. The maximum absolute atomic E-state index is 14.1. The Hall–Kier alpha value is -0.800. The van der Waals surface area contributed by atoms with Crippen molar-refractivity contribution in [3.8, 4) is 0 Å². The zero-order valence-corrected chi connectivity index (χ0v) is 12.5. The normalized spacial score (nSPS) is 25.4. The molecule has 1 aliphatic rings. The molecule has 3 unspecified atom stereocenters. The van der Waals surface area contributed by atoms with Gasteiger partial charge in [-0.25, -0.2) is 4.39 Å². The van der Waals surface area contributed by atoms with E-state index in [1.54, 1.807) is 12.1 Å². The number of hydrogen-bond acceptors (Lipinski definition) is 2. The predicted octanol–water partition coefficient (Wildman–Crippen LogP) is 3.69. The van der Waals surface area contributed by atoms with Crippen LogP contribution in [-0.2, 0) is 0 Å². The van der Waals surface area contributed by atoms with Crippen molar-refractivity contribution in [2.45, 2.75) is 39.3 Å². The van der Waals surface area contributed by atoms with E-state index in [1.165, 1.54) is 6.07 Å². The minimum Gasteiger partial charge on any atom is -0.362 e. The SMILES string of the molecule is CCC(C)C1CN(c2c(F)cccc2Cl)C(C)CN1. The van der Waals surface area contributed by atoms with Gasteiger partial charge in [-0.05, 0) is 25.0 Å². The van der Waals surface area contributed by atoms with Gasteiger partial charge in [-0.1, -0.05) is 37.9 Å². The minimum atomic E-state index is -0.232. The third-order valence-electron chi connectivity index (χ3n) is 4.16. The van der Waals surface area contributed by atoms with E-state index in [0.29, 0.717) is 22.7 Å². The summed E-state index contributed by atoms with van der Waals surface area (Å²) in [6, 6.07) is 5.52. The van der Waals surface area contributed by atoms with Crippen molar-refractivity contribution in [2.24, 2.45) is 5.92 Å². The van der Waals surface area contributed by atoms with E-state index >= 15 is 0 Å². The third kappa shape index (κ3) is 3.03. The largest absolute Gasteiger partial charge is 0.362 e. The number of halogens is 2. The summed E-state index contributed by atoms with van der Waals surface area (Å²) in [5.41, 5.74) is 0.548. The predicted molar refractivity (Wildman–Crippen MR) is 79.5 cm³/mol. The molecule has 4 heteroatoms. The molecule has 0 bridgehead atoms. The Bertz CT molecular complexity index is 418. The van der Waals surface area contributed by atoms with Crippen LogP contribution in [0.4, 0.5) is 10.1 Å². The Labute approximate surface area is 119 Å². The average Bonchev–Trinajstić information content (AvgIpc) is 2.39. The van der Waals surface area contributed by atoms with E-state index in [4.69, 9.17) is 11.6 Å². The molecule has 1 aromatic carbocycles. The summed E-state index contributed by atoms with van der Waals surface area (Å²) < 4.78 is 14.1. The first-order valence-electron chi connectivity index (χ1n) is 6.98. The molecular weight excluding hydrogens is 263 g/mol. The van der Waals surface area contributed by atoms with Gasteiger partial charge < -0.3 is 10.2 Å². The van der Waals surface area contributed by atoms with Crippen molar-refractivity contribution in [3.63, 3.8) is 0 Å². The molecule has 0 spiro atoms. The quantitative estimate of drug-likeness (QED) is 0.911. The Morgan fingerprint density at radius 1 is 1.53 bits per heavy atom. The van der Waals surface area contributed by atoms with Crippen molar-refractivity contribution >= 4 is 17.3 Å². The van der Waals surface area contributed by atoms with E-state index in [1.807, 2.05) is 0 Å². The number of anilines is 1. The van der Waals surface area contributed by atoms with Gasteiger partial charge in [-0.3, -0.25) is 0 Å². The molecule has 0 aliphatic carbocycles. The number of para-hydroxylation sites is 1. The van der Waals surface area contributed by atoms with Gasteiger partial charge in [-0.15, -0.1) is 0 Å². The number of rotatable bonds is 3. The van der Waals surface area contributed by atoms with Crippen LogP contribution in [0.25, 0.3) is 0 Å². The fourth-order valence-corrected chi connectivity index (χ4v) is 2.90. The van der Waals surface area contributed by atoms with Crippen LogP contribution in [0, 0.1) is 11.7 Å². The van der Waals surface area contributed by atoms with Crippen LogP contribution in [-0.4, -0.2) is 25.2 Å². The van der Waals surface area contributed by atoms with Gasteiger partial charge in [0.2, 0.25) is 0 Å². The van der Waals surface area contributed by atoms with E-state index in [9.17, 15) is 4.39 Å². The maximum Gasteiger partial charge on any atom is 0.148 e. The summed E-state index contributed by atoms with van der Waals surface area (Å²) in [4.78, 5) is 2.10. The molecule has 1 aromatic rings. The lowest BCUT2D eigenvalue weighted by Crippen LogP contribution is -2.57. The number of hydrogen-bond donors (Lipinski definition) is 1. The van der Waals surface area contributed by atoms with Crippen molar-refractivity contribution < 1.29 is 4.39 Å². The van der Waals surface area contributed by atoms with Gasteiger partial charge in [-0.2, -0.15) is 0 Å². The van der Waals surface area contributed by atoms with Gasteiger partial charge in [0.05, 0.1) is 10.7 Å². The Morgan fingerprint density at radius 3 is 2.89 bits per heavy atom.